The highest BCUT2D eigenvalue weighted by molar-refractivity contribution is 7.25. The van der Waals surface area contributed by atoms with Crippen LogP contribution < -0.4 is 4.90 Å². The average Bonchev–Trinajstić information content (AvgIpc) is 3.84. The van der Waals surface area contributed by atoms with Gasteiger partial charge in [-0.05, 0) is 83.6 Å². The highest BCUT2D eigenvalue weighted by atomic mass is 32.1. The van der Waals surface area contributed by atoms with Crippen LogP contribution in [0.1, 0.15) is 0 Å². The first-order valence-corrected chi connectivity index (χ1v) is 17.7. The number of hydrogen-bond donors (Lipinski definition) is 0. The lowest BCUT2D eigenvalue weighted by molar-refractivity contribution is 0.669. The minimum atomic E-state index is 0.872. The normalized spacial score (nSPS) is 12.0. The Morgan fingerprint density at radius 3 is 2.10 bits per heavy atom. The molecule has 234 valence electrons. The van der Waals surface area contributed by atoms with E-state index in [0.29, 0.717) is 0 Å². The Bertz CT molecular complexity index is 3110. The molecule has 0 saturated heterocycles. The summed E-state index contributed by atoms with van der Waals surface area (Å²) in [5.41, 5.74) is 8.48. The van der Waals surface area contributed by atoms with Crippen molar-refractivity contribution in [2.24, 2.45) is 0 Å². The molecule has 0 radical (unpaired) electrons. The molecule has 0 unspecified atom stereocenters. The van der Waals surface area contributed by atoms with Gasteiger partial charge in [-0.1, -0.05) is 97.1 Å². The molecule has 3 heterocycles. The molecule has 3 aromatic heterocycles. The van der Waals surface area contributed by atoms with E-state index in [2.05, 4.69) is 173 Å². The average molecular weight is 657 g/mol. The van der Waals surface area contributed by atoms with E-state index in [1.165, 1.54) is 47.2 Å². The van der Waals surface area contributed by atoms with Crippen LogP contribution in [0.5, 0.6) is 0 Å². The summed E-state index contributed by atoms with van der Waals surface area (Å²) < 4.78 is 11.5. The van der Waals surface area contributed by atoms with Crippen LogP contribution in [0.25, 0.3) is 80.4 Å². The van der Waals surface area contributed by atoms with E-state index in [9.17, 15) is 0 Å². The summed E-state index contributed by atoms with van der Waals surface area (Å²) in [4.78, 5) is 2.44. The topological polar surface area (TPSA) is 21.3 Å². The fourth-order valence-electron chi connectivity index (χ4n) is 7.97. The Labute approximate surface area is 291 Å². The van der Waals surface area contributed by atoms with E-state index in [1.807, 2.05) is 17.4 Å². The molecule has 0 aliphatic heterocycles. The Hall–Kier alpha value is -6.36. The van der Waals surface area contributed by atoms with Gasteiger partial charge in [0.2, 0.25) is 0 Å². The van der Waals surface area contributed by atoms with Gasteiger partial charge in [-0.2, -0.15) is 0 Å². The standard InChI is InChI=1S/C46H28N2OS/c1-2-12-31(13-3-1)48-38-18-7-4-14-33(38)35-17-10-20-40(46(35)48)47(39-19-11-22-42-45(39)36-16-5-8-21-41(36)49-42)32-25-24-29-28-44-37(27-30(29)26-32)34-15-6-9-23-43(34)50-44/h1-28H. The monoisotopic (exact) mass is 656 g/mol. The Balaban J connectivity index is 1.27. The number of rotatable bonds is 4. The quantitative estimate of drug-likeness (QED) is 0.188. The van der Waals surface area contributed by atoms with Crippen molar-refractivity contribution in [3.8, 4) is 5.69 Å². The first-order valence-electron chi connectivity index (χ1n) is 16.9. The van der Waals surface area contributed by atoms with Crippen LogP contribution in [0.2, 0.25) is 0 Å². The molecular formula is C46H28N2OS. The number of furan rings is 1. The van der Waals surface area contributed by atoms with Gasteiger partial charge in [0.25, 0.3) is 0 Å². The molecule has 3 nitrogen and oxygen atoms in total. The van der Waals surface area contributed by atoms with Crippen molar-refractivity contribution in [1.29, 1.82) is 0 Å². The molecule has 0 saturated carbocycles. The molecule has 0 spiro atoms. The number of hydrogen-bond acceptors (Lipinski definition) is 3. The van der Waals surface area contributed by atoms with Gasteiger partial charge in [0.15, 0.2) is 0 Å². The van der Waals surface area contributed by atoms with E-state index < -0.39 is 0 Å². The lowest BCUT2D eigenvalue weighted by Gasteiger charge is -2.28. The zero-order valence-electron chi connectivity index (χ0n) is 26.9. The molecule has 0 aliphatic carbocycles. The van der Waals surface area contributed by atoms with E-state index in [0.717, 1.165) is 50.2 Å². The van der Waals surface area contributed by atoms with E-state index in [-0.39, 0.29) is 0 Å². The van der Waals surface area contributed by atoms with Crippen LogP contribution >= 0.6 is 11.3 Å². The van der Waals surface area contributed by atoms with Gasteiger partial charge in [-0.15, -0.1) is 11.3 Å². The summed E-state index contributed by atoms with van der Waals surface area (Å²) in [6.07, 6.45) is 0. The Morgan fingerprint density at radius 2 is 1.18 bits per heavy atom. The number of fused-ring (bicyclic) bond motifs is 10. The molecule has 0 fully saturated rings. The largest absolute Gasteiger partial charge is 0.456 e. The van der Waals surface area contributed by atoms with Crippen molar-refractivity contribution in [3.63, 3.8) is 0 Å². The van der Waals surface area contributed by atoms with Gasteiger partial charge in [0, 0.05) is 47.7 Å². The smallest absolute Gasteiger partial charge is 0.137 e. The SMILES string of the molecule is c1ccc(-n2c3ccccc3c3cccc(N(c4ccc5cc6sc7ccccc7c6cc5c4)c4cccc5oc6ccccc6c45)c32)cc1. The second-order valence-electron chi connectivity index (χ2n) is 12.9. The fourth-order valence-corrected chi connectivity index (χ4v) is 9.11. The van der Waals surface area contributed by atoms with Crippen LogP contribution in [-0.4, -0.2) is 4.57 Å². The van der Waals surface area contributed by atoms with E-state index in [4.69, 9.17) is 4.42 Å². The number of thiophene rings is 1. The third-order valence-corrected chi connectivity index (χ3v) is 11.3. The van der Waals surface area contributed by atoms with Crippen LogP contribution in [0.4, 0.5) is 17.1 Å². The van der Waals surface area contributed by atoms with Gasteiger partial charge < -0.3 is 13.9 Å². The lowest BCUT2D eigenvalue weighted by Crippen LogP contribution is -2.12. The Morgan fingerprint density at radius 1 is 0.460 bits per heavy atom. The predicted octanol–water partition coefficient (Wildman–Crippen LogP) is 13.7. The number of aromatic nitrogens is 1. The summed E-state index contributed by atoms with van der Waals surface area (Å²) in [5, 5.41) is 9.70. The summed E-state index contributed by atoms with van der Waals surface area (Å²) >= 11 is 1.86. The second-order valence-corrected chi connectivity index (χ2v) is 14.0. The zero-order chi connectivity index (χ0) is 32.8. The summed E-state index contributed by atoms with van der Waals surface area (Å²) in [5.74, 6) is 0. The molecule has 50 heavy (non-hydrogen) atoms. The van der Waals surface area contributed by atoms with Crippen molar-refractivity contribution in [2.75, 3.05) is 4.90 Å². The molecule has 0 atom stereocenters. The molecule has 0 aliphatic rings. The third-order valence-electron chi connectivity index (χ3n) is 10.1. The molecular weight excluding hydrogens is 629 g/mol. The molecule has 4 heteroatoms. The van der Waals surface area contributed by atoms with Crippen LogP contribution in [0, 0.1) is 0 Å². The van der Waals surface area contributed by atoms with Crippen molar-refractivity contribution in [3.05, 3.63) is 170 Å². The predicted molar refractivity (Wildman–Crippen MR) is 213 cm³/mol. The number of anilines is 3. The molecule has 11 rings (SSSR count). The molecule has 0 amide bonds. The van der Waals surface area contributed by atoms with Crippen molar-refractivity contribution in [2.45, 2.75) is 0 Å². The van der Waals surface area contributed by atoms with Gasteiger partial charge in [-0.25, -0.2) is 0 Å². The van der Waals surface area contributed by atoms with Crippen LogP contribution in [0.15, 0.2) is 174 Å². The van der Waals surface area contributed by atoms with Crippen molar-refractivity contribution >= 4 is 103 Å². The lowest BCUT2D eigenvalue weighted by atomic mass is 10.0. The minimum Gasteiger partial charge on any atom is -0.456 e. The molecule has 0 bridgehead atoms. The molecule has 11 aromatic rings. The highest BCUT2D eigenvalue weighted by Crippen LogP contribution is 2.48. The maximum absolute atomic E-state index is 6.46. The van der Waals surface area contributed by atoms with Crippen LogP contribution in [0.3, 0.4) is 0 Å². The number of benzene rings is 8. The molecule has 0 N–H and O–H groups in total. The summed E-state index contributed by atoms with van der Waals surface area (Å²) in [6, 6.07) is 61.3. The van der Waals surface area contributed by atoms with Gasteiger partial charge in [0.05, 0.1) is 27.8 Å². The van der Waals surface area contributed by atoms with E-state index >= 15 is 0 Å². The minimum absolute atomic E-state index is 0.872. The zero-order valence-corrected chi connectivity index (χ0v) is 27.7. The summed E-state index contributed by atoms with van der Waals surface area (Å²) in [6.45, 7) is 0. The fraction of sp³-hybridized carbons (Fsp3) is 0. The van der Waals surface area contributed by atoms with E-state index in [1.54, 1.807) is 0 Å². The Kier molecular flexibility index (Phi) is 5.83. The van der Waals surface area contributed by atoms with Crippen molar-refractivity contribution < 1.29 is 4.42 Å². The van der Waals surface area contributed by atoms with Gasteiger partial charge >= 0.3 is 0 Å². The third kappa shape index (κ3) is 3.97. The number of para-hydroxylation sites is 4. The first-order chi connectivity index (χ1) is 24.8. The molecule has 8 aromatic carbocycles. The van der Waals surface area contributed by atoms with Crippen LogP contribution in [-0.2, 0) is 0 Å². The second kappa shape index (κ2) is 10.6. The summed E-state index contributed by atoms with van der Waals surface area (Å²) in [7, 11) is 0. The first kappa shape index (κ1) is 27.6. The van der Waals surface area contributed by atoms with Gasteiger partial charge in [0.1, 0.15) is 11.2 Å². The maximum atomic E-state index is 6.46. The maximum Gasteiger partial charge on any atom is 0.137 e. The highest BCUT2D eigenvalue weighted by Gasteiger charge is 2.24. The van der Waals surface area contributed by atoms with Crippen molar-refractivity contribution in [1.82, 2.24) is 4.57 Å². The van der Waals surface area contributed by atoms with Gasteiger partial charge in [-0.3, -0.25) is 0 Å². The number of nitrogens with zero attached hydrogens (tertiary/aromatic N) is 2.